The molecule has 6 rings (SSSR count). The lowest BCUT2D eigenvalue weighted by molar-refractivity contribution is -0.111. The highest BCUT2D eigenvalue weighted by molar-refractivity contribution is 6.06. The number of para-hydroxylation sites is 1. The van der Waals surface area contributed by atoms with Crippen LogP contribution in [-0.2, 0) is 16.1 Å². The molecule has 5 aromatic rings. The van der Waals surface area contributed by atoms with Crippen LogP contribution in [0.1, 0.15) is 36.6 Å². The minimum atomic E-state index is -0.195. The van der Waals surface area contributed by atoms with E-state index in [0.717, 1.165) is 64.5 Å². The summed E-state index contributed by atoms with van der Waals surface area (Å²) >= 11 is 0. The van der Waals surface area contributed by atoms with Gasteiger partial charge in [-0.1, -0.05) is 54.6 Å². The molecule has 1 aliphatic rings. The van der Waals surface area contributed by atoms with Crippen LogP contribution >= 0.6 is 0 Å². The first-order valence-corrected chi connectivity index (χ1v) is 12.3. The molecule has 36 heavy (non-hydrogen) atoms. The van der Waals surface area contributed by atoms with Gasteiger partial charge in [-0.15, -0.1) is 0 Å². The molecule has 1 unspecified atom stereocenters. The Morgan fingerprint density at radius 3 is 2.75 bits per heavy atom. The second-order valence-corrected chi connectivity index (χ2v) is 9.08. The molecule has 0 bridgehead atoms. The third kappa shape index (κ3) is 4.53. The number of carbonyl (C=O) groups excluding carboxylic acids is 1. The van der Waals surface area contributed by atoms with Crippen LogP contribution in [0.3, 0.4) is 0 Å². The Balaban J connectivity index is 1.22. The van der Waals surface area contributed by atoms with Gasteiger partial charge < -0.3 is 10.1 Å². The summed E-state index contributed by atoms with van der Waals surface area (Å²) in [5.74, 6) is -0.195. The van der Waals surface area contributed by atoms with E-state index in [4.69, 9.17) is 4.74 Å². The van der Waals surface area contributed by atoms with Crippen LogP contribution in [0.4, 0.5) is 5.69 Å². The van der Waals surface area contributed by atoms with Gasteiger partial charge in [-0.2, -0.15) is 10.2 Å². The van der Waals surface area contributed by atoms with Crippen LogP contribution in [0.5, 0.6) is 0 Å². The van der Waals surface area contributed by atoms with Crippen molar-refractivity contribution in [3.8, 4) is 0 Å². The number of rotatable bonds is 6. The summed E-state index contributed by atoms with van der Waals surface area (Å²) < 4.78 is 9.80. The van der Waals surface area contributed by atoms with Gasteiger partial charge in [0, 0.05) is 23.5 Å². The Morgan fingerprint density at radius 2 is 1.89 bits per heavy atom. The minimum absolute atomic E-state index is 0.0278. The summed E-state index contributed by atoms with van der Waals surface area (Å²) in [5.41, 5.74) is 4.73. The number of nitrogens with zero attached hydrogens (tertiary/aromatic N) is 4. The lowest BCUT2D eigenvalue weighted by Crippen LogP contribution is -2.18. The van der Waals surface area contributed by atoms with Crippen molar-refractivity contribution in [3.05, 3.63) is 96.3 Å². The van der Waals surface area contributed by atoms with E-state index in [1.807, 2.05) is 76.4 Å². The van der Waals surface area contributed by atoms with Crippen LogP contribution in [-0.4, -0.2) is 32.1 Å². The lowest BCUT2D eigenvalue weighted by Gasteiger charge is -2.23. The zero-order chi connectivity index (χ0) is 24.3. The fraction of sp³-hybridized carbons (Fsp3) is 0.207. The zero-order valence-electron chi connectivity index (χ0n) is 19.9. The van der Waals surface area contributed by atoms with Crippen molar-refractivity contribution in [1.29, 1.82) is 0 Å². The standard InChI is InChI=1S/C29H27N5O2/c35-27(15-13-21-12-14-23-18-31-34(26(23)17-21)28-11-4-5-16-36-28)32-25-10-6-9-24-19-30-33(29(24)25)20-22-7-2-1-3-8-22/h1-3,6-10,12-15,17-19,28H,4-5,11,16,20H2,(H,32,35). The van der Waals surface area contributed by atoms with Crippen molar-refractivity contribution < 1.29 is 9.53 Å². The quantitative estimate of drug-likeness (QED) is 0.314. The summed E-state index contributed by atoms with van der Waals surface area (Å²) in [4.78, 5) is 12.9. The maximum absolute atomic E-state index is 12.9. The molecule has 2 aromatic heterocycles. The SMILES string of the molecule is O=C(C=Cc1ccc2cnn(C3CCCCO3)c2c1)Nc1cccc2cnn(Cc3ccccc3)c12. The van der Waals surface area contributed by atoms with Crippen molar-refractivity contribution in [2.45, 2.75) is 32.0 Å². The predicted molar refractivity (Wildman–Crippen MR) is 142 cm³/mol. The number of aromatic nitrogens is 4. The summed E-state index contributed by atoms with van der Waals surface area (Å²) in [6.45, 7) is 1.40. The molecule has 0 spiro atoms. The molecule has 1 N–H and O–H groups in total. The third-order valence-corrected chi connectivity index (χ3v) is 6.57. The maximum atomic E-state index is 12.9. The highest BCUT2D eigenvalue weighted by atomic mass is 16.5. The molecule has 3 heterocycles. The zero-order valence-corrected chi connectivity index (χ0v) is 19.9. The molecule has 7 heteroatoms. The van der Waals surface area contributed by atoms with Crippen LogP contribution in [0.2, 0.25) is 0 Å². The van der Waals surface area contributed by atoms with Crippen LogP contribution in [0.25, 0.3) is 27.9 Å². The van der Waals surface area contributed by atoms with Gasteiger partial charge in [-0.3, -0.25) is 9.48 Å². The molecule has 1 atom stereocenters. The fourth-order valence-corrected chi connectivity index (χ4v) is 4.77. The summed E-state index contributed by atoms with van der Waals surface area (Å²) in [6.07, 6.45) is 10.3. The Labute approximate surface area is 209 Å². The Kier molecular flexibility index (Phi) is 6.05. The molecule has 1 fully saturated rings. The van der Waals surface area contributed by atoms with E-state index < -0.39 is 0 Å². The molecule has 1 amide bonds. The Bertz CT molecular complexity index is 1540. The number of hydrogen-bond donors (Lipinski definition) is 1. The molecule has 180 valence electrons. The minimum Gasteiger partial charge on any atom is -0.356 e. The molecule has 1 aliphatic heterocycles. The second kappa shape index (κ2) is 9.79. The number of nitrogens with one attached hydrogen (secondary N) is 1. The normalized spacial score (nSPS) is 16.2. The van der Waals surface area contributed by atoms with Crippen LogP contribution in [0, 0.1) is 0 Å². The van der Waals surface area contributed by atoms with E-state index in [1.165, 1.54) is 0 Å². The molecule has 3 aromatic carbocycles. The van der Waals surface area contributed by atoms with Crippen LogP contribution < -0.4 is 5.32 Å². The molecule has 0 radical (unpaired) electrons. The monoisotopic (exact) mass is 477 g/mol. The number of ether oxygens (including phenoxy) is 1. The topological polar surface area (TPSA) is 74.0 Å². The highest BCUT2D eigenvalue weighted by Crippen LogP contribution is 2.27. The largest absolute Gasteiger partial charge is 0.356 e. The van der Waals surface area contributed by atoms with E-state index in [2.05, 4.69) is 33.7 Å². The Hall–Kier alpha value is -4.23. The van der Waals surface area contributed by atoms with Crippen LogP contribution in [0.15, 0.2) is 85.2 Å². The van der Waals surface area contributed by atoms with Crippen molar-refractivity contribution >= 4 is 39.5 Å². The van der Waals surface area contributed by atoms with Gasteiger partial charge in [0.05, 0.1) is 35.7 Å². The smallest absolute Gasteiger partial charge is 0.248 e. The number of hydrogen-bond acceptors (Lipinski definition) is 4. The first kappa shape index (κ1) is 22.2. The first-order valence-electron chi connectivity index (χ1n) is 12.3. The van der Waals surface area contributed by atoms with Crippen molar-refractivity contribution in [2.75, 3.05) is 11.9 Å². The van der Waals surface area contributed by atoms with Crippen molar-refractivity contribution in [3.63, 3.8) is 0 Å². The number of benzene rings is 3. The molecular weight excluding hydrogens is 450 g/mol. The molecule has 0 aliphatic carbocycles. The number of anilines is 1. The maximum Gasteiger partial charge on any atom is 0.248 e. The fourth-order valence-electron chi connectivity index (χ4n) is 4.77. The van der Waals surface area contributed by atoms with Gasteiger partial charge in [-0.05, 0) is 48.6 Å². The van der Waals surface area contributed by atoms with Crippen molar-refractivity contribution in [1.82, 2.24) is 19.6 Å². The van der Waals surface area contributed by atoms with Crippen molar-refractivity contribution in [2.24, 2.45) is 0 Å². The summed E-state index contributed by atoms with van der Waals surface area (Å²) in [5, 5.41) is 14.2. The average Bonchev–Trinajstić information content (AvgIpc) is 3.53. The Morgan fingerprint density at radius 1 is 1.00 bits per heavy atom. The first-order chi connectivity index (χ1) is 17.7. The van der Waals surface area contributed by atoms with E-state index >= 15 is 0 Å². The van der Waals surface area contributed by atoms with Gasteiger partial charge in [0.25, 0.3) is 0 Å². The molecular formula is C29H27N5O2. The van der Waals surface area contributed by atoms with Gasteiger partial charge in [-0.25, -0.2) is 4.68 Å². The molecule has 7 nitrogen and oxygen atoms in total. The molecule has 1 saturated heterocycles. The average molecular weight is 478 g/mol. The highest BCUT2D eigenvalue weighted by Gasteiger charge is 2.18. The third-order valence-electron chi connectivity index (χ3n) is 6.57. The number of carbonyl (C=O) groups is 1. The van der Waals surface area contributed by atoms with Gasteiger partial charge in [0.1, 0.15) is 0 Å². The van der Waals surface area contributed by atoms with E-state index in [9.17, 15) is 4.79 Å². The number of fused-ring (bicyclic) bond motifs is 2. The summed E-state index contributed by atoms with van der Waals surface area (Å²) in [7, 11) is 0. The van der Waals surface area contributed by atoms with Gasteiger partial charge in [0.2, 0.25) is 5.91 Å². The second-order valence-electron chi connectivity index (χ2n) is 9.08. The van der Waals surface area contributed by atoms with Gasteiger partial charge >= 0.3 is 0 Å². The molecule has 0 saturated carbocycles. The van der Waals surface area contributed by atoms with Gasteiger partial charge in [0.15, 0.2) is 6.23 Å². The van der Waals surface area contributed by atoms with E-state index in [0.29, 0.717) is 6.54 Å². The predicted octanol–water partition coefficient (Wildman–Crippen LogP) is 5.79. The lowest BCUT2D eigenvalue weighted by atomic mass is 10.1. The number of amides is 1. The van der Waals surface area contributed by atoms with E-state index in [1.54, 1.807) is 6.08 Å². The van der Waals surface area contributed by atoms with E-state index in [-0.39, 0.29) is 12.1 Å². The summed E-state index contributed by atoms with van der Waals surface area (Å²) in [6, 6.07) is 22.1.